The minimum Gasteiger partial charge on any atom is -0.459 e. The molecule has 3 atom stereocenters. The summed E-state index contributed by atoms with van der Waals surface area (Å²) in [4.78, 5) is 24.5. The molecule has 5 nitrogen and oxygen atoms in total. The Balaban J connectivity index is 1.88. The molecule has 0 spiro atoms. The van der Waals surface area contributed by atoms with Crippen LogP contribution < -0.4 is 0 Å². The minimum absolute atomic E-state index is 0.254. The van der Waals surface area contributed by atoms with Gasteiger partial charge in [0.2, 0.25) is 0 Å². The van der Waals surface area contributed by atoms with Gasteiger partial charge in [-0.1, -0.05) is 0 Å². The maximum Gasteiger partial charge on any atom is 0.339 e. The van der Waals surface area contributed by atoms with Crippen molar-refractivity contribution in [1.82, 2.24) is 0 Å². The standard InChI is InChI=1S/C16H20O5S/c1-14(2)9-16(19)11(4-6-15(16,3)13(18)21-14)20-12(17)10-5-7-22-8-10/h5,7-8,11,19H,4,6,9H2,1-3H3/t11-,15+,16-/m1/s1. The third-order valence-electron chi connectivity index (χ3n) is 4.92. The van der Waals surface area contributed by atoms with Gasteiger partial charge < -0.3 is 14.6 Å². The highest BCUT2D eigenvalue weighted by Gasteiger charge is 2.68. The second kappa shape index (κ2) is 4.80. The Morgan fingerprint density at radius 1 is 1.45 bits per heavy atom. The Hall–Kier alpha value is -1.40. The second-order valence-corrected chi connectivity index (χ2v) is 7.81. The van der Waals surface area contributed by atoms with Gasteiger partial charge in [-0.3, -0.25) is 4.79 Å². The van der Waals surface area contributed by atoms with E-state index in [1.807, 2.05) is 0 Å². The molecule has 22 heavy (non-hydrogen) atoms. The molecule has 1 saturated carbocycles. The molecule has 1 N–H and O–H groups in total. The van der Waals surface area contributed by atoms with Gasteiger partial charge in [0.25, 0.3) is 0 Å². The Morgan fingerprint density at radius 3 is 2.82 bits per heavy atom. The molecular formula is C16H20O5S. The van der Waals surface area contributed by atoms with Crippen LogP contribution in [0.4, 0.5) is 0 Å². The van der Waals surface area contributed by atoms with Gasteiger partial charge >= 0.3 is 11.9 Å². The minimum atomic E-state index is -1.39. The van der Waals surface area contributed by atoms with Crippen molar-refractivity contribution in [1.29, 1.82) is 0 Å². The molecule has 0 radical (unpaired) electrons. The van der Waals surface area contributed by atoms with Crippen molar-refractivity contribution in [2.45, 2.75) is 57.3 Å². The van der Waals surface area contributed by atoms with E-state index in [1.54, 1.807) is 37.6 Å². The lowest BCUT2D eigenvalue weighted by atomic mass is 9.68. The summed E-state index contributed by atoms with van der Waals surface area (Å²) in [6, 6.07) is 1.68. The highest BCUT2D eigenvalue weighted by molar-refractivity contribution is 7.08. The summed E-state index contributed by atoms with van der Waals surface area (Å²) < 4.78 is 11.0. The van der Waals surface area contributed by atoms with E-state index in [1.165, 1.54) is 11.3 Å². The number of ether oxygens (including phenoxy) is 2. The van der Waals surface area contributed by atoms with Crippen LogP contribution in [-0.4, -0.2) is 34.4 Å². The highest BCUT2D eigenvalue weighted by Crippen LogP contribution is 2.55. The summed E-state index contributed by atoms with van der Waals surface area (Å²) in [6.07, 6.45) is 0.453. The second-order valence-electron chi connectivity index (χ2n) is 7.03. The fourth-order valence-corrected chi connectivity index (χ4v) is 4.23. The Bertz CT molecular complexity index is 608. The van der Waals surface area contributed by atoms with Crippen molar-refractivity contribution in [3.8, 4) is 0 Å². The van der Waals surface area contributed by atoms with Crippen LogP contribution in [0.5, 0.6) is 0 Å². The van der Waals surface area contributed by atoms with Gasteiger partial charge in [0.15, 0.2) is 0 Å². The Kier molecular flexibility index (Phi) is 3.38. The summed E-state index contributed by atoms with van der Waals surface area (Å²) in [5, 5.41) is 14.7. The van der Waals surface area contributed by atoms with Crippen LogP contribution in [0.2, 0.25) is 0 Å². The summed E-state index contributed by atoms with van der Waals surface area (Å²) in [6.45, 7) is 5.22. The average Bonchev–Trinajstić information content (AvgIpc) is 3.00. The molecule has 6 heteroatoms. The van der Waals surface area contributed by atoms with Gasteiger partial charge in [-0.15, -0.1) is 0 Å². The molecule has 1 aliphatic carbocycles. The monoisotopic (exact) mass is 324 g/mol. The molecule has 3 rings (SSSR count). The largest absolute Gasteiger partial charge is 0.459 e. The zero-order valence-corrected chi connectivity index (χ0v) is 13.7. The van der Waals surface area contributed by atoms with E-state index in [0.717, 1.165) is 0 Å². The molecule has 120 valence electrons. The summed E-state index contributed by atoms with van der Waals surface area (Å²) in [7, 11) is 0. The molecule has 0 bridgehead atoms. The van der Waals surface area contributed by atoms with Crippen molar-refractivity contribution in [2.75, 3.05) is 0 Å². The van der Waals surface area contributed by atoms with E-state index in [4.69, 9.17) is 9.47 Å². The van der Waals surface area contributed by atoms with Crippen LogP contribution in [0.1, 0.15) is 50.4 Å². The van der Waals surface area contributed by atoms with E-state index >= 15 is 0 Å². The maximum absolute atomic E-state index is 12.4. The summed E-state index contributed by atoms with van der Waals surface area (Å²) >= 11 is 1.41. The molecule has 0 aromatic carbocycles. The van der Waals surface area contributed by atoms with Gasteiger partial charge in [-0.05, 0) is 45.1 Å². The van der Waals surface area contributed by atoms with Crippen molar-refractivity contribution < 1.29 is 24.2 Å². The lowest BCUT2D eigenvalue weighted by molar-refractivity contribution is -0.227. The molecule has 1 aliphatic heterocycles. The summed E-state index contributed by atoms with van der Waals surface area (Å²) in [5.41, 5.74) is -2.72. The predicted molar refractivity (Wildman–Crippen MR) is 80.6 cm³/mol. The molecular weight excluding hydrogens is 304 g/mol. The zero-order valence-electron chi connectivity index (χ0n) is 12.9. The van der Waals surface area contributed by atoms with Crippen LogP contribution in [0.3, 0.4) is 0 Å². The number of fused-ring (bicyclic) bond motifs is 1. The van der Waals surface area contributed by atoms with Crippen LogP contribution in [0.15, 0.2) is 16.8 Å². The lowest BCUT2D eigenvalue weighted by Crippen LogP contribution is -2.63. The third kappa shape index (κ3) is 2.16. The number of aliphatic hydroxyl groups is 1. The third-order valence-corrected chi connectivity index (χ3v) is 5.60. The molecule has 2 fully saturated rings. The molecule has 2 aliphatic rings. The number of carbonyl (C=O) groups is 2. The number of hydrogen-bond donors (Lipinski definition) is 1. The van der Waals surface area contributed by atoms with E-state index in [2.05, 4.69) is 0 Å². The molecule has 2 heterocycles. The smallest absolute Gasteiger partial charge is 0.339 e. The van der Waals surface area contributed by atoms with E-state index in [9.17, 15) is 14.7 Å². The molecule has 1 aromatic rings. The Labute approximate surface area is 133 Å². The van der Waals surface area contributed by atoms with Crippen LogP contribution >= 0.6 is 11.3 Å². The maximum atomic E-state index is 12.4. The topological polar surface area (TPSA) is 72.8 Å². The van der Waals surface area contributed by atoms with Gasteiger partial charge in [0.05, 0.1) is 11.0 Å². The van der Waals surface area contributed by atoms with Crippen molar-refractivity contribution >= 4 is 23.3 Å². The molecule has 0 unspecified atom stereocenters. The molecule has 0 amide bonds. The zero-order chi connectivity index (χ0) is 16.2. The number of carbonyl (C=O) groups excluding carboxylic acids is 2. The molecule has 1 aromatic heterocycles. The lowest BCUT2D eigenvalue weighted by Gasteiger charge is -2.49. The first-order valence-corrected chi connectivity index (χ1v) is 8.31. The normalized spacial score (nSPS) is 36.5. The van der Waals surface area contributed by atoms with Gasteiger partial charge in [-0.2, -0.15) is 11.3 Å². The first-order chi connectivity index (χ1) is 10.2. The van der Waals surface area contributed by atoms with Crippen LogP contribution in [0, 0.1) is 5.41 Å². The highest BCUT2D eigenvalue weighted by atomic mass is 32.1. The number of rotatable bonds is 2. The fourth-order valence-electron chi connectivity index (χ4n) is 3.60. The van der Waals surface area contributed by atoms with Crippen molar-refractivity contribution in [3.05, 3.63) is 22.4 Å². The quantitative estimate of drug-likeness (QED) is 0.846. The number of hydrogen-bond acceptors (Lipinski definition) is 6. The van der Waals surface area contributed by atoms with Crippen molar-refractivity contribution in [2.24, 2.45) is 5.41 Å². The van der Waals surface area contributed by atoms with E-state index in [-0.39, 0.29) is 6.42 Å². The first-order valence-electron chi connectivity index (χ1n) is 7.37. The predicted octanol–water partition coefficient (Wildman–Crippen LogP) is 2.53. The van der Waals surface area contributed by atoms with Gasteiger partial charge in [-0.25, -0.2) is 4.79 Å². The van der Waals surface area contributed by atoms with Crippen LogP contribution in [-0.2, 0) is 14.3 Å². The number of cyclic esters (lactones) is 1. The van der Waals surface area contributed by atoms with Crippen molar-refractivity contribution in [3.63, 3.8) is 0 Å². The Morgan fingerprint density at radius 2 is 2.18 bits per heavy atom. The number of esters is 2. The summed E-state index contributed by atoms with van der Waals surface area (Å²) in [5.74, 6) is -0.874. The SMILES string of the molecule is CC1(C)C[C@@]2(O)[C@H](OC(=O)c3ccsc3)CC[C@@]2(C)C(=O)O1. The van der Waals surface area contributed by atoms with E-state index < -0.39 is 34.7 Å². The van der Waals surface area contributed by atoms with Gasteiger partial charge in [0.1, 0.15) is 17.3 Å². The number of thiophene rings is 1. The average molecular weight is 324 g/mol. The molecule has 1 saturated heterocycles. The van der Waals surface area contributed by atoms with Gasteiger partial charge in [0, 0.05) is 11.8 Å². The first kappa shape index (κ1) is 15.5. The van der Waals surface area contributed by atoms with Crippen LogP contribution in [0.25, 0.3) is 0 Å². The fraction of sp³-hybridized carbons (Fsp3) is 0.625. The van der Waals surface area contributed by atoms with E-state index in [0.29, 0.717) is 18.4 Å².